The molecule has 1 aliphatic rings. The van der Waals surface area contributed by atoms with Gasteiger partial charge in [-0.05, 0) is 43.0 Å². The summed E-state index contributed by atoms with van der Waals surface area (Å²) in [4.78, 5) is 11.1. The fourth-order valence-electron chi connectivity index (χ4n) is 2.13. The fraction of sp³-hybridized carbons (Fsp3) is 0.385. The number of hydrogen-bond donors (Lipinski definition) is 2. The number of benzene rings is 1. The summed E-state index contributed by atoms with van der Waals surface area (Å²) >= 11 is 0. The van der Waals surface area contributed by atoms with Crippen LogP contribution in [0.5, 0.6) is 5.75 Å². The lowest BCUT2D eigenvalue weighted by atomic mass is 10.1. The first-order chi connectivity index (χ1) is 8.65. The van der Waals surface area contributed by atoms with Crippen molar-refractivity contribution in [3.63, 3.8) is 0 Å². The van der Waals surface area contributed by atoms with Crippen molar-refractivity contribution in [2.24, 2.45) is 10.9 Å². The number of aryl methyl sites for hydroxylation is 1. The van der Waals surface area contributed by atoms with Crippen molar-refractivity contribution in [3.8, 4) is 5.75 Å². The molecule has 0 fully saturated rings. The average molecular weight is 248 g/mol. The first-order valence-corrected chi connectivity index (χ1v) is 5.96. The number of fused-ring (bicyclic) bond motifs is 1. The maximum absolute atomic E-state index is 11.1. The van der Waals surface area contributed by atoms with Crippen molar-refractivity contribution in [2.75, 3.05) is 0 Å². The lowest BCUT2D eigenvalue weighted by molar-refractivity contribution is -0.124. The summed E-state index contributed by atoms with van der Waals surface area (Å²) in [5.41, 5.74) is 7.94. The highest BCUT2D eigenvalue weighted by molar-refractivity contribution is 6.04. The van der Waals surface area contributed by atoms with Gasteiger partial charge < -0.3 is 15.7 Å². The van der Waals surface area contributed by atoms with Crippen molar-refractivity contribution in [1.82, 2.24) is 0 Å². The third-order valence-corrected chi connectivity index (χ3v) is 3.11. The number of amides is 1. The number of carbonyl (C=O) groups is 1. The second kappa shape index (κ2) is 5.08. The van der Waals surface area contributed by atoms with Gasteiger partial charge in [0.1, 0.15) is 5.75 Å². The number of primary amides is 1. The van der Waals surface area contributed by atoms with Crippen molar-refractivity contribution in [3.05, 3.63) is 29.3 Å². The SMILES string of the molecule is CCC(Oc1ccc2c(c1)CC/C2=N\O)C(N)=O. The van der Waals surface area contributed by atoms with E-state index in [0.29, 0.717) is 17.9 Å². The van der Waals surface area contributed by atoms with Gasteiger partial charge in [0, 0.05) is 5.56 Å². The lowest BCUT2D eigenvalue weighted by Crippen LogP contribution is -2.33. The molecule has 0 heterocycles. The second-order valence-corrected chi connectivity index (χ2v) is 4.28. The molecule has 1 amide bonds. The summed E-state index contributed by atoms with van der Waals surface area (Å²) in [6.07, 6.45) is 1.48. The predicted octanol–water partition coefficient (Wildman–Crippen LogP) is 1.45. The molecule has 5 heteroatoms. The van der Waals surface area contributed by atoms with Crippen LogP contribution < -0.4 is 10.5 Å². The molecule has 96 valence electrons. The van der Waals surface area contributed by atoms with E-state index in [1.165, 1.54) is 0 Å². The quantitative estimate of drug-likeness (QED) is 0.624. The zero-order chi connectivity index (χ0) is 13.1. The Morgan fingerprint density at radius 3 is 2.94 bits per heavy atom. The van der Waals surface area contributed by atoms with Crippen LogP contribution in [0.25, 0.3) is 0 Å². The standard InChI is InChI=1S/C13H16N2O3/c1-2-12(13(14)16)18-9-4-5-10-8(7-9)3-6-11(10)15-17/h4-5,7,12,17H,2-3,6H2,1H3,(H2,14,16)/b15-11+. The molecule has 0 spiro atoms. The molecule has 0 aliphatic heterocycles. The number of rotatable bonds is 4. The van der Waals surface area contributed by atoms with Crippen molar-refractivity contribution in [2.45, 2.75) is 32.3 Å². The normalized spacial score (nSPS) is 17.5. The molecule has 0 saturated heterocycles. The summed E-state index contributed by atoms with van der Waals surface area (Å²) in [5, 5.41) is 12.1. The number of hydrogen-bond acceptors (Lipinski definition) is 4. The molecular formula is C13H16N2O3. The van der Waals surface area contributed by atoms with Crippen molar-refractivity contribution in [1.29, 1.82) is 0 Å². The minimum atomic E-state index is -0.601. The summed E-state index contributed by atoms with van der Waals surface area (Å²) in [6.45, 7) is 1.85. The van der Waals surface area contributed by atoms with E-state index >= 15 is 0 Å². The molecular weight excluding hydrogens is 232 g/mol. The van der Waals surface area contributed by atoms with E-state index in [2.05, 4.69) is 5.16 Å². The van der Waals surface area contributed by atoms with E-state index in [9.17, 15) is 4.79 Å². The highest BCUT2D eigenvalue weighted by Gasteiger charge is 2.20. The number of oxime groups is 1. The molecule has 1 unspecified atom stereocenters. The summed E-state index contributed by atoms with van der Waals surface area (Å²) in [7, 11) is 0. The third-order valence-electron chi connectivity index (χ3n) is 3.11. The molecule has 5 nitrogen and oxygen atoms in total. The van der Waals surface area contributed by atoms with Gasteiger partial charge in [-0.25, -0.2) is 0 Å². The van der Waals surface area contributed by atoms with Crippen LogP contribution in [0.4, 0.5) is 0 Å². The van der Waals surface area contributed by atoms with Crippen molar-refractivity contribution < 1.29 is 14.7 Å². The molecule has 0 saturated carbocycles. The topological polar surface area (TPSA) is 84.9 Å². The molecule has 0 bridgehead atoms. The van der Waals surface area contributed by atoms with E-state index < -0.39 is 12.0 Å². The Morgan fingerprint density at radius 1 is 1.56 bits per heavy atom. The monoisotopic (exact) mass is 248 g/mol. The van der Waals surface area contributed by atoms with Gasteiger partial charge in [-0.2, -0.15) is 0 Å². The smallest absolute Gasteiger partial charge is 0.258 e. The van der Waals surface area contributed by atoms with Crippen LogP contribution in [-0.2, 0) is 11.2 Å². The highest BCUT2D eigenvalue weighted by atomic mass is 16.5. The van der Waals surface area contributed by atoms with Crippen LogP contribution in [-0.4, -0.2) is 22.9 Å². The summed E-state index contributed by atoms with van der Waals surface area (Å²) in [6, 6.07) is 5.49. The lowest BCUT2D eigenvalue weighted by Gasteiger charge is -2.14. The molecule has 1 aromatic rings. The van der Waals surface area contributed by atoms with E-state index in [0.717, 1.165) is 24.0 Å². The Bertz CT molecular complexity index is 497. The number of nitrogens with zero attached hydrogens (tertiary/aromatic N) is 1. The summed E-state index contributed by atoms with van der Waals surface area (Å²) < 4.78 is 5.54. The van der Waals surface area contributed by atoms with Crippen LogP contribution in [0, 0.1) is 0 Å². The van der Waals surface area contributed by atoms with Gasteiger partial charge in [0.05, 0.1) is 5.71 Å². The fourth-order valence-corrected chi connectivity index (χ4v) is 2.13. The Morgan fingerprint density at radius 2 is 2.33 bits per heavy atom. The van der Waals surface area contributed by atoms with Gasteiger partial charge in [-0.15, -0.1) is 0 Å². The van der Waals surface area contributed by atoms with Crippen LogP contribution in [0.15, 0.2) is 23.4 Å². The minimum Gasteiger partial charge on any atom is -0.481 e. The first kappa shape index (κ1) is 12.4. The maximum Gasteiger partial charge on any atom is 0.258 e. The van der Waals surface area contributed by atoms with Crippen LogP contribution in [0.2, 0.25) is 0 Å². The summed E-state index contributed by atoms with van der Waals surface area (Å²) in [5.74, 6) is 0.161. The van der Waals surface area contributed by atoms with Gasteiger partial charge in [-0.3, -0.25) is 4.79 Å². The largest absolute Gasteiger partial charge is 0.481 e. The zero-order valence-electron chi connectivity index (χ0n) is 10.2. The van der Waals surface area contributed by atoms with E-state index in [-0.39, 0.29) is 0 Å². The van der Waals surface area contributed by atoms with E-state index in [1.807, 2.05) is 19.1 Å². The first-order valence-electron chi connectivity index (χ1n) is 5.96. The zero-order valence-corrected chi connectivity index (χ0v) is 10.2. The van der Waals surface area contributed by atoms with Gasteiger partial charge in [-0.1, -0.05) is 12.1 Å². The van der Waals surface area contributed by atoms with Crippen LogP contribution >= 0.6 is 0 Å². The number of nitrogens with two attached hydrogens (primary N) is 1. The molecule has 0 radical (unpaired) electrons. The third kappa shape index (κ3) is 2.30. The van der Waals surface area contributed by atoms with Gasteiger partial charge in [0.25, 0.3) is 5.91 Å². The Labute approximate surface area is 105 Å². The minimum absolute atomic E-state index is 0.462. The molecule has 1 aliphatic carbocycles. The van der Waals surface area contributed by atoms with Crippen LogP contribution in [0.3, 0.4) is 0 Å². The van der Waals surface area contributed by atoms with Crippen molar-refractivity contribution >= 4 is 11.6 Å². The average Bonchev–Trinajstić information content (AvgIpc) is 2.77. The van der Waals surface area contributed by atoms with Crippen LogP contribution in [0.1, 0.15) is 30.9 Å². The highest BCUT2D eigenvalue weighted by Crippen LogP contribution is 2.27. The molecule has 0 aromatic heterocycles. The second-order valence-electron chi connectivity index (χ2n) is 4.28. The maximum atomic E-state index is 11.1. The van der Waals surface area contributed by atoms with Gasteiger partial charge >= 0.3 is 0 Å². The molecule has 18 heavy (non-hydrogen) atoms. The number of carbonyl (C=O) groups excluding carboxylic acids is 1. The van der Waals surface area contributed by atoms with Gasteiger partial charge in [0.2, 0.25) is 0 Å². The Hall–Kier alpha value is -2.04. The number of ether oxygens (including phenoxy) is 1. The Balaban J connectivity index is 2.20. The van der Waals surface area contributed by atoms with Gasteiger partial charge in [0.15, 0.2) is 6.10 Å². The molecule has 3 N–H and O–H groups in total. The van der Waals surface area contributed by atoms with E-state index in [1.54, 1.807) is 6.07 Å². The van der Waals surface area contributed by atoms with E-state index in [4.69, 9.17) is 15.7 Å². The Kier molecular flexibility index (Phi) is 3.50. The predicted molar refractivity (Wildman–Crippen MR) is 67.0 cm³/mol. The molecule has 1 aromatic carbocycles. The molecule has 1 atom stereocenters. The molecule has 2 rings (SSSR count).